The van der Waals surface area contributed by atoms with Gasteiger partial charge in [-0.1, -0.05) is 44.7 Å². The lowest BCUT2D eigenvalue weighted by Gasteiger charge is -2.12. The maximum absolute atomic E-state index is 13.5. The highest BCUT2D eigenvalue weighted by Crippen LogP contribution is 2.30. The summed E-state index contributed by atoms with van der Waals surface area (Å²) < 4.78 is 3.93. The molecule has 5 rings (SSSR count). The number of unbranched alkanes of at least 4 members (excludes halogenated alkanes) is 2. The van der Waals surface area contributed by atoms with Crippen LogP contribution in [0.25, 0.3) is 33.2 Å². The maximum atomic E-state index is 13.5. The van der Waals surface area contributed by atoms with Crippen molar-refractivity contribution in [3.05, 3.63) is 40.9 Å². The monoisotopic (exact) mass is 375 g/mol. The van der Waals surface area contributed by atoms with Crippen LogP contribution in [0.5, 0.6) is 0 Å². The van der Waals surface area contributed by atoms with Gasteiger partial charge in [0, 0.05) is 12.6 Å². The lowest BCUT2D eigenvalue weighted by Crippen LogP contribution is -2.24. The van der Waals surface area contributed by atoms with E-state index in [2.05, 4.69) is 11.5 Å². The largest absolute Gasteiger partial charge is 0.308 e. The number of nitrogens with zero attached hydrogens (tertiary/aromatic N) is 5. The van der Waals surface area contributed by atoms with Gasteiger partial charge in [-0.2, -0.15) is 0 Å². The Kier molecular flexibility index (Phi) is 4.34. The number of rotatable bonds is 5. The Bertz CT molecular complexity index is 1220. The summed E-state index contributed by atoms with van der Waals surface area (Å²) in [4.78, 5) is 27.9. The minimum Gasteiger partial charge on any atom is -0.308 e. The van der Waals surface area contributed by atoms with Gasteiger partial charge in [0.05, 0.1) is 11.0 Å². The molecule has 144 valence electrons. The predicted octanol–water partition coefficient (Wildman–Crippen LogP) is 4.60. The van der Waals surface area contributed by atoms with E-state index < -0.39 is 0 Å². The number of para-hydroxylation sites is 2. The molecule has 1 aliphatic carbocycles. The second kappa shape index (κ2) is 7.00. The Morgan fingerprint density at radius 1 is 1.04 bits per heavy atom. The maximum Gasteiger partial charge on any atom is 0.265 e. The lowest BCUT2D eigenvalue weighted by molar-refractivity contribution is 0.498. The Morgan fingerprint density at radius 3 is 2.54 bits per heavy atom. The topological polar surface area (TPSA) is 65.6 Å². The van der Waals surface area contributed by atoms with E-state index in [4.69, 9.17) is 15.0 Å². The molecule has 3 aromatic heterocycles. The van der Waals surface area contributed by atoms with Crippen molar-refractivity contribution >= 4 is 33.2 Å². The van der Waals surface area contributed by atoms with Crippen molar-refractivity contribution in [2.24, 2.45) is 0 Å². The van der Waals surface area contributed by atoms with E-state index in [1.165, 1.54) is 12.8 Å². The van der Waals surface area contributed by atoms with Crippen LogP contribution in [0.15, 0.2) is 35.4 Å². The Hall–Kier alpha value is -2.76. The molecule has 0 atom stereocenters. The minimum atomic E-state index is 0.0284. The minimum absolute atomic E-state index is 0.0284. The van der Waals surface area contributed by atoms with Crippen LogP contribution in [-0.4, -0.2) is 24.1 Å². The Morgan fingerprint density at radius 2 is 1.79 bits per heavy atom. The van der Waals surface area contributed by atoms with Crippen LogP contribution in [-0.2, 0) is 6.54 Å². The molecule has 1 fully saturated rings. The van der Waals surface area contributed by atoms with Crippen molar-refractivity contribution < 1.29 is 0 Å². The number of hydrogen-bond donors (Lipinski definition) is 0. The molecule has 3 heterocycles. The van der Waals surface area contributed by atoms with Crippen molar-refractivity contribution in [2.45, 2.75) is 64.5 Å². The van der Waals surface area contributed by atoms with Gasteiger partial charge in [-0.25, -0.2) is 15.0 Å². The number of fused-ring (bicyclic) bond motifs is 4. The summed E-state index contributed by atoms with van der Waals surface area (Å²) in [5.74, 6) is 0. The van der Waals surface area contributed by atoms with Crippen molar-refractivity contribution in [2.75, 3.05) is 0 Å². The molecule has 1 aliphatic rings. The van der Waals surface area contributed by atoms with Crippen LogP contribution < -0.4 is 5.56 Å². The van der Waals surface area contributed by atoms with Gasteiger partial charge in [-0.3, -0.25) is 9.36 Å². The normalized spacial score (nSPS) is 15.3. The van der Waals surface area contributed by atoms with Gasteiger partial charge in [0.25, 0.3) is 5.56 Å². The SMILES string of the molecule is CCCCCn1c2nc3ccccc3nc2c2c(=O)n(C3CCCC3)cnc21. The first-order valence-electron chi connectivity index (χ1n) is 10.4. The summed E-state index contributed by atoms with van der Waals surface area (Å²) in [5.41, 5.74) is 3.89. The Balaban J connectivity index is 1.80. The molecular formula is C22H25N5O. The van der Waals surface area contributed by atoms with E-state index in [1.807, 2.05) is 28.8 Å². The van der Waals surface area contributed by atoms with Crippen molar-refractivity contribution in [3.8, 4) is 0 Å². The summed E-state index contributed by atoms with van der Waals surface area (Å²) in [6, 6.07) is 8.11. The van der Waals surface area contributed by atoms with E-state index in [9.17, 15) is 4.79 Å². The standard InChI is InChI=1S/C22H25N5O/c1-2-3-8-13-26-20-18(22(28)27(14-23-20)15-9-4-5-10-15)19-21(26)25-17-12-7-6-11-16(17)24-19/h6-7,11-12,14-15H,2-5,8-10,13H2,1H3. The molecule has 0 amide bonds. The molecule has 28 heavy (non-hydrogen) atoms. The highest BCUT2D eigenvalue weighted by molar-refractivity contribution is 6.04. The highest BCUT2D eigenvalue weighted by Gasteiger charge is 2.23. The first-order chi connectivity index (χ1) is 13.8. The van der Waals surface area contributed by atoms with Crippen LogP contribution in [0.1, 0.15) is 57.9 Å². The number of aromatic nitrogens is 5. The van der Waals surface area contributed by atoms with E-state index >= 15 is 0 Å². The molecule has 1 saturated carbocycles. The molecule has 1 aromatic carbocycles. The van der Waals surface area contributed by atoms with Gasteiger partial charge in [-0.15, -0.1) is 0 Å². The van der Waals surface area contributed by atoms with Gasteiger partial charge in [0.1, 0.15) is 17.2 Å². The van der Waals surface area contributed by atoms with Crippen LogP contribution in [0.4, 0.5) is 0 Å². The quantitative estimate of drug-likeness (QED) is 0.478. The second-order valence-corrected chi connectivity index (χ2v) is 7.84. The van der Waals surface area contributed by atoms with Crippen LogP contribution in [0.3, 0.4) is 0 Å². The molecular weight excluding hydrogens is 350 g/mol. The van der Waals surface area contributed by atoms with Crippen LogP contribution >= 0.6 is 0 Å². The zero-order valence-electron chi connectivity index (χ0n) is 16.3. The number of aryl methyl sites for hydroxylation is 1. The molecule has 0 unspecified atom stereocenters. The fourth-order valence-corrected chi connectivity index (χ4v) is 4.49. The van der Waals surface area contributed by atoms with Gasteiger partial charge in [0.15, 0.2) is 11.3 Å². The summed E-state index contributed by atoms with van der Waals surface area (Å²) in [7, 11) is 0. The molecule has 0 N–H and O–H groups in total. The third kappa shape index (κ3) is 2.70. The Labute approximate surface area is 163 Å². The van der Waals surface area contributed by atoms with Gasteiger partial charge < -0.3 is 4.57 Å². The van der Waals surface area contributed by atoms with Crippen molar-refractivity contribution in [1.29, 1.82) is 0 Å². The van der Waals surface area contributed by atoms with Crippen LogP contribution in [0.2, 0.25) is 0 Å². The number of benzene rings is 1. The molecule has 6 heteroatoms. The van der Waals surface area contributed by atoms with Crippen LogP contribution in [0, 0.1) is 0 Å². The average Bonchev–Trinajstić information content (AvgIpc) is 3.34. The summed E-state index contributed by atoms with van der Waals surface area (Å²) in [6.07, 6.45) is 9.53. The molecule has 0 aliphatic heterocycles. The van der Waals surface area contributed by atoms with Crippen molar-refractivity contribution in [3.63, 3.8) is 0 Å². The predicted molar refractivity (Wildman–Crippen MR) is 112 cm³/mol. The fourth-order valence-electron chi connectivity index (χ4n) is 4.49. The molecule has 4 aromatic rings. The first kappa shape index (κ1) is 17.3. The summed E-state index contributed by atoms with van der Waals surface area (Å²) >= 11 is 0. The van der Waals surface area contributed by atoms with Gasteiger partial charge in [-0.05, 0) is 31.4 Å². The summed E-state index contributed by atoms with van der Waals surface area (Å²) in [5, 5.41) is 0.624. The average molecular weight is 375 g/mol. The van der Waals surface area contributed by atoms with Gasteiger partial charge >= 0.3 is 0 Å². The third-order valence-electron chi connectivity index (χ3n) is 5.98. The molecule has 0 spiro atoms. The van der Waals surface area contributed by atoms with E-state index in [1.54, 1.807) is 6.33 Å². The molecule has 0 bridgehead atoms. The molecule has 6 nitrogen and oxygen atoms in total. The number of hydrogen-bond acceptors (Lipinski definition) is 4. The van der Waals surface area contributed by atoms with E-state index in [-0.39, 0.29) is 11.6 Å². The highest BCUT2D eigenvalue weighted by atomic mass is 16.1. The van der Waals surface area contributed by atoms with E-state index in [0.717, 1.165) is 61.0 Å². The smallest absolute Gasteiger partial charge is 0.265 e. The molecule has 0 saturated heterocycles. The van der Waals surface area contributed by atoms with Gasteiger partial charge in [0.2, 0.25) is 0 Å². The third-order valence-corrected chi connectivity index (χ3v) is 5.98. The fraction of sp³-hybridized carbons (Fsp3) is 0.455. The van der Waals surface area contributed by atoms with E-state index in [0.29, 0.717) is 10.9 Å². The first-order valence-corrected chi connectivity index (χ1v) is 10.4. The lowest BCUT2D eigenvalue weighted by atomic mass is 10.2. The molecule has 0 radical (unpaired) electrons. The second-order valence-electron chi connectivity index (χ2n) is 7.84. The summed E-state index contributed by atoms with van der Waals surface area (Å²) in [6.45, 7) is 3.00. The zero-order valence-corrected chi connectivity index (χ0v) is 16.3. The zero-order chi connectivity index (χ0) is 19.1. The van der Waals surface area contributed by atoms with Crippen molar-refractivity contribution in [1.82, 2.24) is 24.1 Å².